The average Bonchev–Trinajstić information content (AvgIpc) is 2.29. The van der Waals surface area contributed by atoms with Crippen LogP contribution in [0.1, 0.15) is 47.0 Å². The molecule has 1 N–H and O–H groups in total. The summed E-state index contributed by atoms with van der Waals surface area (Å²) >= 11 is 0. The summed E-state index contributed by atoms with van der Waals surface area (Å²) in [6, 6.07) is 1.42. The topological polar surface area (TPSA) is 15.3 Å². The van der Waals surface area contributed by atoms with E-state index in [4.69, 9.17) is 0 Å². The van der Waals surface area contributed by atoms with Gasteiger partial charge in [0, 0.05) is 25.2 Å². The van der Waals surface area contributed by atoms with E-state index < -0.39 is 0 Å². The van der Waals surface area contributed by atoms with Gasteiger partial charge in [-0.3, -0.25) is 4.90 Å². The van der Waals surface area contributed by atoms with Gasteiger partial charge in [-0.1, -0.05) is 27.2 Å². The van der Waals surface area contributed by atoms with E-state index in [9.17, 15) is 0 Å². The Morgan fingerprint density at radius 3 is 2.56 bits per heavy atom. The van der Waals surface area contributed by atoms with Gasteiger partial charge in [-0.2, -0.15) is 0 Å². The smallest absolute Gasteiger partial charge is 0.0217 e. The van der Waals surface area contributed by atoms with Gasteiger partial charge in [-0.25, -0.2) is 0 Å². The zero-order valence-corrected chi connectivity index (χ0v) is 11.8. The Bertz CT molecular complexity index is 193. The molecule has 4 unspecified atom stereocenters. The molecule has 96 valence electrons. The van der Waals surface area contributed by atoms with Crippen LogP contribution >= 0.6 is 0 Å². The minimum Gasteiger partial charge on any atom is -0.315 e. The van der Waals surface area contributed by atoms with E-state index in [1.54, 1.807) is 0 Å². The van der Waals surface area contributed by atoms with E-state index >= 15 is 0 Å². The first-order valence-electron chi connectivity index (χ1n) is 6.99. The summed E-state index contributed by atoms with van der Waals surface area (Å²) in [5, 5.41) is 3.49. The highest BCUT2D eigenvalue weighted by Crippen LogP contribution is 2.22. The molecule has 1 heterocycles. The Labute approximate surface area is 102 Å². The molecule has 0 aromatic carbocycles. The van der Waals surface area contributed by atoms with Crippen molar-refractivity contribution in [1.29, 1.82) is 0 Å². The molecule has 0 spiro atoms. The largest absolute Gasteiger partial charge is 0.315 e. The second kappa shape index (κ2) is 6.61. The van der Waals surface area contributed by atoms with Gasteiger partial charge in [-0.05, 0) is 38.6 Å². The van der Waals surface area contributed by atoms with Crippen molar-refractivity contribution in [3.8, 4) is 0 Å². The second-order valence-electron chi connectivity index (χ2n) is 5.77. The maximum Gasteiger partial charge on any atom is 0.0217 e. The van der Waals surface area contributed by atoms with Crippen molar-refractivity contribution in [2.45, 2.75) is 59.0 Å². The van der Waals surface area contributed by atoms with E-state index in [0.29, 0.717) is 6.04 Å². The van der Waals surface area contributed by atoms with Gasteiger partial charge in [0.2, 0.25) is 0 Å². The van der Waals surface area contributed by atoms with Crippen LogP contribution in [0.2, 0.25) is 0 Å². The van der Waals surface area contributed by atoms with Crippen LogP contribution in [-0.2, 0) is 0 Å². The summed E-state index contributed by atoms with van der Waals surface area (Å²) in [5.74, 6) is 1.65. The number of likely N-dealkylation sites (tertiary alicyclic amines) is 1. The summed E-state index contributed by atoms with van der Waals surface area (Å²) in [6.07, 6.45) is 4.05. The molecule has 4 atom stereocenters. The molecule has 2 nitrogen and oxygen atoms in total. The number of nitrogens with one attached hydrogen (secondary N) is 1. The zero-order valence-electron chi connectivity index (χ0n) is 11.8. The van der Waals surface area contributed by atoms with Gasteiger partial charge in [0.15, 0.2) is 0 Å². The van der Waals surface area contributed by atoms with Gasteiger partial charge >= 0.3 is 0 Å². The molecule has 0 aromatic rings. The average molecular weight is 226 g/mol. The third-order valence-corrected chi connectivity index (χ3v) is 4.38. The second-order valence-corrected chi connectivity index (χ2v) is 5.77. The predicted molar refractivity (Wildman–Crippen MR) is 71.7 cm³/mol. The van der Waals surface area contributed by atoms with E-state index in [-0.39, 0.29) is 0 Å². The van der Waals surface area contributed by atoms with Crippen LogP contribution in [0.25, 0.3) is 0 Å². The molecular formula is C14H30N2. The summed E-state index contributed by atoms with van der Waals surface area (Å²) in [5.41, 5.74) is 0. The lowest BCUT2D eigenvalue weighted by atomic mass is 9.92. The standard InChI is InChI=1S/C14H30N2/c1-6-12(3)14(15-5)10-16-9-11(2)7-8-13(16)4/h11-15H,6-10H2,1-5H3. The Morgan fingerprint density at radius 1 is 1.31 bits per heavy atom. The quantitative estimate of drug-likeness (QED) is 0.775. The van der Waals surface area contributed by atoms with E-state index in [1.807, 2.05) is 0 Å². The van der Waals surface area contributed by atoms with E-state index in [0.717, 1.165) is 17.9 Å². The lowest BCUT2D eigenvalue weighted by molar-refractivity contribution is 0.103. The molecule has 2 heteroatoms. The summed E-state index contributed by atoms with van der Waals surface area (Å²) in [4.78, 5) is 2.68. The summed E-state index contributed by atoms with van der Waals surface area (Å²) in [7, 11) is 2.11. The van der Waals surface area contributed by atoms with Gasteiger partial charge in [0.25, 0.3) is 0 Å². The number of piperidine rings is 1. The molecule has 0 aromatic heterocycles. The van der Waals surface area contributed by atoms with E-state index in [2.05, 4.69) is 45.0 Å². The van der Waals surface area contributed by atoms with Crippen LogP contribution < -0.4 is 5.32 Å². The highest BCUT2D eigenvalue weighted by Gasteiger charge is 2.26. The first-order valence-corrected chi connectivity index (χ1v) is 6.99. The highest BCUT2D eigenvalue weighted by molar-refractivity contribution is 4.82. The van der Waals surface area contributed by atoms with Gasteiger partial charge < -0.3 is 5.32 Å². The molecule has 1 fully saturated rings. The third kappa shape index (κ3) is 3.74. The van der Waals surface area contributed by atoms with Crippen LogP contribution in [0.3, 0.4) is 0 Å². The van der Waals surface area contributed by atoms with E-state index in [1.165, 1.54) is 32.4 Å². The highest BCUT2D eigenvalue weighted by atomic mass is 15.2. The molecule has 16 heavy (non-hydrogen) atoms. The van der Waals surface area contributed by atoms with Crippen molar-refractivity contribution in [3.05, 3.63) is 0 Å². The lowest BCUT2D eigenvalue weighted by Gasteiger charge is -2.40. The van der Waals surface area contributed by atoms with Gasteiger partial charge in [0.05, 0.1) is 0 Å². The van der Waals surface area contributed by atoms with Crippen LogP contribution in [0.5, 0.6) is 0 Å². The molecule has 0 bridgehead atoms. The predicted octanol–water partition coefficient (Wildman–Crippen LogP) is 2.74. The summed E-state index contributed by atoms with van der Waals surface area (Å²) < 4.78 is 0. The minimum atomic E-state index is 0.651. The van der Waals surface area contributed by atoms with Crippen molar-refractivity contribution >= 4 is 0 Å². The fraction of sp³-hybridized carbons (Fsp3) is 1.00. The Balaban J connectivity index is 2.49. The minimum absolute atomic E-state index is 0.651. The fourth-order valence-corrected chi connectivity index (χ4v) is 2.73. The van der Waals surface area contributed by atoms with Crippen molar-refractivity contribution in [2.24, 2.45) is 11.8 Å². The molecule has 0 radical (unpaired) electrons. The maximum absolute atomic E-state index is 3.49. The molecule has 0 amide bonds. The Hall–Kier alpha value is -0.0800. The molecule has 0 saturated carbocycles. The maximum atomic E-state index is 3.49. The fourth-order valence-electron chi connectivity index (χ4n) is 2.73. The number of nitrogens with zero attached hydrogens (tertiary/aromatic N) is 1. The first kappa shape index (κ1) is 14.0. The van der Waals surface area contributed by atoms with Crippen molar-refractivity contribution in [3.63, 3.8) is 0 Å². The molecule has 0 aliphatic carbocycles. The molecule has 1 saturated heterocycles. The monoisotopic (exact) mass is 226 g/mol. The SMILES string of the molecule is CCC(C)C(CN1CC(C)CCC1C)NC. The molecular weight excluding hydrogens is 196 g/mol. The van der Waals surface area contributed by atoms with Gasteiger partial charge in [-0.15, -0.1) is 0 Å². The Kier molecular flexibility index (Phi) is 5.77. The number of hydrogen-bond donors (Lipinski definition) is 1. The first-order chi connectivity index (χ1) is 7.58. The van der Waals surface area contributed by atoms with Crippen LogP contribution in [0, 0.1) is 11.8 Å². The van der Waals surface area contributed by atoms with Crippen molar-refractivity contribution in [1.82, 2.24) is 10.2 Å². The lowest BCUT2D eigenvalue weighted by Crippen LogP contribution is -2.49. The zero-order chi connectivity index (χ0) is 12.1. The van der Waals surface area contributed by atoms with Crippen molar-refractivity contribution < 1.29 is 0 Å². The molecule has 1 rings (SSSR count). The molecule has 1 aliphatic rings. The van der Waals surface area contributed by atoms with Crippen molar-refractivity contribution in [2.75, 3.05) is 20.1 Å². The molecule has 1 aliphatic heterocycles. The number of rotatable bonds is 5. The normalized spacial score (nSPS) is 31.3. The summed E-state index contributed by atoms with van der Waals surface area (Å²) in [6.45, 7) is 11.9. The van der Waals surface area contributed by atoms with Crippen LogP contribution in [0.15, 0.2) is 0 Å². The number of hydrogen-bond acceptors (Lipinski definition) is 2. The Morgan fingerprint density at radius 2 is 2.00 bits per heavy atom. The van der Waals surface area contributed by atoms with Crippen LogP contribution in [-0.4, -0.2) is 37.1 Å². The van der Waals surface area contributed by atoms with Crippen LogP contribution in [0.4, 0.5) is 0 Å². The third-order valence-electron chi connectivity index (χ3n) is 4.38. The van der Waals surface area contributed by atoms with Gasteiger partial charge in [0.1, 0.15) is 0 Å². The number of likely N-dealkylation sites (N-methyl/N-ethyl adjacent to an activating group) is 1.